The van der Waals surface area contributed by atoms with Crippen LogP contribution in [0.15, 0.2) is 66.7 Å². The third-order valence-corrected chi connectivity index (χ3v) is 9.29. The van der Waals surface area contributed by atoms with Crippen molar-refractivity contribution in [3.63, 3.8) is 0 Å². The number of hydrogen-bond donors (Lipinski definition) is 2. The second kappa shape index (κ2) is 14.0. The molecule has 250 valence electrons. The number of ether oxygens (including phenoxy) is 2. The van der Waals surface area contributed by atoms with Crippen molar-refractivity contribution in [2.24, 2.45) is 5.92 Å². The molecule has 0 spiro atoms. The summed E-state index contributed by atoms with van der Waals surface area (Å²) in [5, 5.41) is 5.37. The molecule has 3 N–H and O–H groups in total. The van der Waals surface area contributed by atoms with Crippen molar-refractivity contribution >= 4 is 52.2 Å². The lowest BCUT2D eigenvalue weighted by Gasteiger charge is -2.29. The first-order valence-electron chi connectivity index (χ1n) is 15.9. The average molecular weight is 662 g/mol. The van der Waals surface area contributed by atoms with Gasteiger partial charge in [-0.05, 0) is 58.1 Å². The number of benzene rings is 3. The lowest BCUT2D eigenvalue weighted by atomic mass is 10.0. The lowest BCUT2D eigenvalue weighted by molar-refractivity contribution is -0.156. The van der Waals surface area contributed by atoms with Crippen LogP contribution in [-0.4, -0.2) is 45.4 Å². The summed E-state index contributed by atoms with van der Waals surface area (Å²) >= 11 is 0. The fraction of sp³-hybridized carbons (Fsp3) is 0.400. The maximum Gasteiger partial charge on any atom is 0.459 e. The van der Waals surface area contributed by atoms with Gasteiger partial charge in [-0.25, -0.2) is 14.5 Å². The number of rotatable bonds is 13. The standard InChI is InChI=1S/C35H44N5O6P/c1-8-43-21-30-38-31-32(26-17-11-12-18-27(26)37-33(31)36)40(30)28(22(2)3)20-44-47(42,39-23(4)34(41)45-35(5,6)7)46-29-19-13-15-24-14-9-10-16-25(24)29/h9-19,22-23,28H,8,20-21H2,1-7H3,(H2,36,37)(H,39,42)/t23-,28+,47?/m0/s1. The number of pyridine rings is 1. The summed E-state index contributed by atoms with van der Waals surface area (Å²) in [4.78, 5) is 22.5. The molecule has 11 nitrogen and oxygen atoms in total. The zero-order chi connectivity index (χ0) is 33.9. The number of para-hydroxylation sites is 1. The summed E-state index contributed by atoms with van der Waals surface area (Å²) < 4.78 is 40.7. The van der Waals surface area contributed by atoms with Crippen LogP contribution < -0.4 is 15.3 Å². The smallest absolute Gasteiger partial charge is 0.459 e. The summed E-state index contributed by atoms with van der Waals surface area (Å²) in [6.07, 6.45) is 0. The molecule has 0 radical (unpaired) electrons. The second-order valence-corrected chi connectivity index (χ2v) is 14.5. The molecule has 0 saturated heterocycles. The average Bonchev–Trinajstić information content (AvgIpc) is 3.39. The Morgan fingerprint density at radius 2 is 1.66 bits per heavy atom. The monoisotopic (exact) mass is 661 g/mol. The number of fused-ring (bicyclic) bond motifs is 4. The minimum absolute atomic E-state index is 0.0322. The normalized spacial score (nSPS) is 14.8. The van der Waals surface area contributed by atoms with Gasteiger partial charge < -0.3 is 24.3 Å². The Morgan fingerprint density at radius 1 is 0.979 bits per heavy atom. The number of imidazole rings is 1. The highest BCUT2D eigenvalue weighted by atomic mass is 31.2. The molecule has 0 fully saturated rings. The van der Waals surface area contributed by atoms with Crippen LogP contribution in [0.3, 0.4) is 0 Å². The number of nitrogen functional groups attached to an aromatic ring is 1. The van der Waals surface area contributed by atoms with Gasteiger partial charge in [0.15, 0.2) is 5.82 Å². The maximum atomic E-state index is 14.7. The van der Waals surface area contributed by atoms with Crippen LogP contribution in [0.5, 0.6) is 5.75 Å². The third-order valence-electron chi connectivity index (χ3n) is 7.66. The molecule has 3 atom stereocenters. The van der Waals surface area contributed by atoms with Gasteiger partial charge in [-0.15, -0.1) is 0 Å². The predicted molar refractivity (Wildman–Crippen MR) is 185 cm³/mol. The zero-order valence-corrected chi connectivity index (χ0v) is 28.9. The predicted octanol–water partition coefficient (Wildman–Crippen LogP) is 7.58. The summed E-state index contributed by atoms with van der Waals surface area (Å²) in [7, 11) is -4.22. The van der Waals surface area contributed by atoms with E-state index in [-0.39, 0.29) is 19.1 Å². The van der Waals surface area contributed by atoms with Crippen molar-refractivity contribution in [1.29, 1.82) is 0 Å². The zero-order valence-electron chi connectivity index (χ0n) is 28.0. The number of nitrogens with zero attached hydrogens (tertiary/aromatic N) is 3. The van der Waals surface area contributed by atoms with Crippen LogP contribution in [0.1, 0.15) is 60.3 Å². The number of hydrogen-bond acceptors (Lipinski definition) is 9. The number of carbonyl (C=O) groups excluding carboxylic acids is 1. The van der Waals surface area contributed by atoms with Crippen molar-refractivity contribution in [1.82, 2.24) is 19.6 Å². The van der Waals surface area contributed by atoms with Crippen molar-refractivity contribution in [2.45, 2.75) is 72.8 Å². The number of nitrogens with one attached hydrogen (secondary N) is 1. The molecule has 0 aliphatic heterocycles. The second-order valence-electron chi connectivity index (χ2n) is 12.8. The summed E-state index contributed by atoms with van der Waals surface area (Å²) in [5.41, 5.74) is 7.75. The lowest BCUT2D eigenvalue weighted by Crippen LogP contribution is -2.39. The molecule has 2 heterocycles. The highest BCUT2D eigenvalue weighted by molar-refractivity contribution is 7.52. The molecule has 0 aliphatic carbocycles. The first kappa shape index (κ1) is 34.3. The van der Waals surface area contributed by atoms with Crippen LogP contribution in [-0.2, 0) is 30.0 Å². The van der Waals surface area contributed by atoms with Gasteiger partial charge in [0.2, 0.25) is 0 Å². The van der Waals surface area contributed by atoms with E-state index in [4.69, 9.17) is 29.2 Å². The van der Waals surface area contributed by atoms with Gasteiger partial charge in [-0.1, -0.05) is 68.4 Å². The number of nitrogens with two attached hydrogens (primary N) is 1. The number of anilines is 1. The molecular weight excluding hydrogens is 617 g/mol. The molecule has 2 aromatic heterocycles. The molecule has 12 heteroatoms. The molecule has 3 aromatic carbocycles. The van der Waals surface area contributed by atoms with Crippen LogP contribution in [0.25, 0.3) is 32.7 Å². The maximum absolute atomic E-state index is 14.7. The van der Waals surface area contributed by atoms with Crippen LogP contribution in [0.4, 0.5) is 5.82 Å². The van der Waals surface area contributed by atoms with Crippen LogP contribution in [0, 0.1) is 5.92 Å². The van der Waals surface area contributed by atoms with Gasteiger partial charge in [-0.2, -0.15) is 5.09 Å². The van der Waals surface area contributed by atoms with Crippen molar-refractivity contribution in [3.05, 3.63) is 72.6 Å². The van der Waals surface area contributed by atoms with E-state index >= 15 is 0 Å². The topological polar surface area (TPSA) is 140 Å². The van der Waals surface area contributed by atoms with Gasteiger partial charge in [-0.3, -0.25) is 9.32 Å². The fourth-order valence-electron chi connectivity index (χ4n) is 5.44. The molecule has 5 rings (SSSR count). The van der Waals surface area contributed by atoms with Gasteiger partial charge in [0.1, 0.15) is 35.3 Å². The Morgan fingerprint density at radius 3 is 2.36 bits per heavy atom. The third kappa shape index (κ3) is 7.76. The van der Waals surface area contributed by atoms with E-state index in [1.54, 1.807) is 33.8 Å². The summed E-state index contributed by atoms with van der Waals surface area (Å²) in [6.45, 7) is 13.5. The Labute approximate surface area is 275 Å². The van der Waals surface area contributed by atoms with E-state index in [1.165, 1.54) is 0 Å². The SMILES string of the molecule is CCOCc1nc2c(N)nc3ccccc3c2n1[C@H](COP(=O)(N[C@@H](C)C(=O)OC(C)(C)C)Oc1cccc2ccccc12)C(C)C. The van der Waals surface area contributed by atoms with Crippen LogP contribution in [0.2, 0.25) is 0 Å². The van der Waals surface area contributed by atoms with E-state index in [2.05, 4.69) is 14.6 Å². The molecule has 5 aromatic rings. The summed E-state index contributed by atoms with van der Waals surface area (Å²) in [6, 6.07) is 19.4. The van der Waals surface area contributed by atoms with E-state index in [9.17, 15) is 9.36 Å². The first-order valence-corrected chi connectivity index (χ1v) is 17.4. The Kier molecular flexibility index (Phi) is 10.2. The van der Waals surface area contributed by atoms with Crippen LogP contribution >= 0.6 is 7.75 Å². The van der Waals surface area contributed by atoms with Crippen molar-refractivity contribution in [3.8, 4) is 5.75 Å². The van der Waals surface area contributed by atoms with E-state index in [0.717, 1.165) is 27.2 Å². The van der Waals surface area contributed by atoms with Gasteiger partial charge in [0, 0.05) is 17.4 Å². The fourth-order valence-corrected chi connectivity index (χ4v) is 6.96. The Hall–Kier alpha value is -4.02. The highest BCUT2D eigenvalue weighted by Gasteiger charge is 2.36. The molecule has 0 aliphatic rings. The number of esters is 1. The number of aromatic nitrogens is 3. The quantitative estimate of drug-likeness (QED) is 0.0959. The van der Waals surface area contributed by atoms with Crippen molar-refractivity contribution in [2.75, 3.05) is 18.9 Å². The van der Waals surface area contributed by atoms with E-state index in [1.807, 2.05) is 81.4 Å². The van der Waals surface area contributed by atoms with Gasteiger partial charge >= 0.3 is 13.7 Å². The van der Waals surface area contributed by atoms with Gasteiger partial charge in [0.25, 0.3) is 0 Å². The molecule has 0 saturated carbocycles. The summed E-state index contributed by atoms with van der Waals surface area (Å²) in [5.74, 6) is 0.671. The molecule has 1 unspecified atom stereocenters. The Balaban J connectivity index is 1.57. The number of carbonyl (C=O) groups is 1. The molecule has 0 bridgehead atoms. The minimum atomic E-state index is -4.22. The van der Waals surface area contributed by atoms with E-state index < -0.39 is 31.4 Å². The molecule has 0 amide bonds. The highest BCUT2D eigenvalue weighted by Crippen LogP contribution is 2.48. The van der Waals surface area contributed by atoms with Crippen molar-refractivity contribution < 1.29 is 27.9 Å². The van der Waals surface area contributed by atoms with E-state index in [0.29, 0.717) is 29.5 Å². The minimum Gasteiger partial charge on any atom is -0.459 e. The largest absolute Gasteiger partial charge is 0.459 e. The Bertz CT molecular complexity index is 1930. The first-order chi connectivity index (χ1) is 22.3. The molecule has 47 heavy (non-hydrogen) atoms. The molecular formula is C35H44N5O6P. The van der Waals surface area contributed by atoms with Gasteiger partial charge in [0.05, 0.1) is 23.7 Å².